The minimum Gasteiger partial charge on any atom is -0.381 e. The van der Waals surface area contributed by atoms with Crippen LogP contribution in [-0.4, -0.2) is 32.0 Å². The summed E-state index contributed by atoms with van der Waals surface area (Å²) >= 11 is 0. The molecule has 0 aromatic carbocycles. The quantitative estimate of drug-likeness (QED) is 0.821. The molecule has 2 fully saturated rings. The van der Waals surface area contributed by atoms with Gasteiger partial charge in [0.25, 0.3) is 0 Å². The Morgan fingerprint density at radius 1 is 1.22 bits per heavy atom. The van der Waals surface area contributed by atoms with Gasteiger partial charge >= 0.3 is 0 Å². The van der Waals surface area contributed by atoms with Gasteiger partial charge in [0.1, 0.15) is 0 Å². The van der Waals surface area contributed by atoms with E-state index in [1.165, 1.54) is 38.5 Å². The molecule has 0 aromatic heterocycles. The van der Waals surface area contributed by atoms with Crippen LogP contribution in [-0.2, 0) is 9.47 Å². The Morgan fingerprint density at radius 3 is 2.50 bits per heavy atom. The van der Waals surface area contributed by atoms with Gasteiger partial charge in [-0.05, 0) is 18.8 Å². The smallest absolute Gasteiger partial charge is 0.0872 e. The first kappa shape index (κ1) is 14.3. The maximum Gasteiger partial charge on any atom is 0.0872 e. The molecule has 2 aliphatic rings. The maximum atomic E-state index is 6.43. The van der Waals surface area contributed by atoms with Crippen molar-refractivity contribution in [3.05, 3.63) is 0 Å². The molecule has 1 atom stereocenters. The molecular formula is C15H29NO2. The standard InChI is InChI=1S/C15H29NO2/c1-17-15(9-11-18-12-10-15)14(16)8-7-13-5-3-2-4-6-13/h13-14H,2-12,16H2,1H3. The highest BCUT2D eigenvalue weighted by Crippen LogP contribution is 2.32. The summed E-state index contributed by atoms with van der Waals surface area (Å²) in [6.07, 6.45) is 11.4. The first-order valence-electron chi connectivity index (χ1n) is 7.65. The second kappa shape index (κ2) is 6.88. The van der Waals surface area contributed by atoms with E-state index in [4.69, 9.17) is 15.2 Å². The number of ether oxygens (including phenoxy) is 2. The lowest BCUT2D eigenvalue weighted by Gasteiger charge is -2.41. The van der Waals surface area contributed by atoms with Crippen LogP contribution < -0.4 is 5.73 Å². The van der Waals surface area contributed by atoms with Gasteiger partial charge in [0.05, 0.1) is 5.60 Å². The highest BCUT2D eigenvalue weighted by atomic mass is 16.5. The van der Waals surface area contributed by atoms with Gasteiger partial charge in [0.15, 0.2) is 0 Å². The summed E-state index contributed by atoms with van der Waals surface area (Å²) in [5, 5.41) is 0. The molecule has 0 amide bonds. The van der Waals surface area contributed by atoms with E-state index in [1.54, 1.807) is 0 Å². The summed E-state index contributed by atoms with van der Waals surface area (Å²) in [5.41, 5.74) is 6.31. The molecule has 1 saturated carbocycles. The van der Waals surface area contributed by atoms with E-state index in [9.17, 15) is 0 Å². The van der Waals surface area contributed by atoms with Crippen molar-refractivity contribution >= 4 is 0 Å². The summed E-state index contributed by atoms with van der Waals surface area (Å²) in [5.74, 6) is 0.915. The Kier molecular flexibility index (Phi) is 5.46. The maximum absolute atomic E-state index is 6.43. The number of methoxy groups -OCH3 is 1. The molecule has 3 heteroatoms. The molecule has 106 valence electrons. The molecule has 0 radical (unpaired) electrons. The van der Waals surface area contributed by atoms with Gasteiger partial charge < -0.3 is 15.2 Å². The average molecular weight is 255 g/mol. The summed E-state index contributed by atoms with van der Waals surface area (Å²) < 4.78 is 11.2. The van der Waals surface area contributed by atoms with E-state index >= 15 is 0 Å². The van der Waals surface area contributed by atoms with Gasteiger partial charge in [-0.2, -0.15) is 0 Å². The Hall–Kier alpha value is -0.120. The molecule has 0 spiro atoms. The zero-order chi connectivity index (χ0) is 12.8. The van der Waals surface area contributed by atoms with E-state index in [0.29, 0.717) is 0 Å². The minimum absolute atomic E-state index is 0.118. The zero-order valence-corrected chi connectivity index (χ0v) is 11.8. The van der Waals surface area contributed by atoms with E-state index in [2.05, 4.69) is 0 Å². The second-order valence-corrected chi connectivity index (χ2v) is 6.07. The van der Waals surface area contributed by atoms with E-state index < -0.39 is 0 Å². The summed E-state index contributed by atoms with van der Waals surface area (Å²) in [7, 11) is 1.81. The SMILES string of the molecule is COC1(C(N)CCC2CCCCC2)CCOCC1. The third-order valence-electron chi connectivity index (χ3n) is 5.03. The van der Waals surface area contributed by atoms with Crippen LogP contribution in [0.1, 0.15) is 57.8 Å². The minimum atomic E-state index is -0.118. The lowest BCUT2D eigenvalue weighted by Crippen LogP contribution is -2.53. The predicted octanol–water partition coefficient (Wildman–Crippen LogP) is 2.87. The van der Waals surface area contributed by atoms with Gasteiger partial charge in [0.2, 0.25) is 0 Å². The first-order valence-corrected chi connectivity index (χ1v) is 7.65. The molecule has 2 N–H and O–H groups in total. The van der Waals surface area contributed by atoms with Gasteiger partial charge in [-0.25, -0.2) is 0 Å². The molecule has 3 nitrogen and oxygen atoms in total. The summed E-state index contributed by atoms with van der Waals surface area (Å²) in [6.45, 7) is 1.59. The number of hydrogen-bond donors (Lipinski definition) is 1. The molecule has 1 saturated heterocycles. The average Bonchev–Trinajstić information content (AvgIpc) is 2.46. The lowest BCUT2D eigenvalue weighted by molar-refractivity contribution is -0.105. The molecular weight excluding hydrogens is 226 g/mol. The zero-order valence-electron chi connectivity index (χ0n) is 11.8. The van der Waals surface area contributed by atoms with Gasteiger partial charge in [0, 0.05) is 39.2 Å². The van der Waals surface area contributed by atoms with Crippen molar-refractivity contribution < 1.29 is 9.47 Å². The lowest BCUT2D eigenvalue weighted by atomic mass is 9.80. The monoisotopic (exact) mass is 255 g/mol. The van der Waals surface area contributed by atoms with Crippen LogP contribution in [0.3, 0.4) is 0 Å². The third-order valence-corrected chi connectivity index (χ3v) is 5.03. The number of rotatable bonds is 5. The van der Waals surface area contributed by atoms with Crippen molar-refractivity contribution in [3.8, 4) is 0 Å². The summed E-state index contributed by atoms with van der Waals surface area (Å²) in [6, 6.07) is 0.174. The largest absolute Gasteiger partial charge is 0.381 e. The normalized spacial score (nSPS) is 27.0. The van der Waals surface area contributed by atoms with Gasteiger partial charge in [-0.3, -0.25) is 0 Å². The molecule has 1 heterocycles. The fourth-order valence-electron chi connectivity index (χ4n) is 3.60. The molecule has 1 aliphatic carbocycles. The first-order chi connectivity index (χ1) is 8.77. The Morgan fingerprint density at radius 2 is 1.89 bits per heavy atom. The van der Waals surface area contributed by atoms with Crippen molar-refractivity contribution in [2.24, 2.45) is 11.7 Å². The highest BCUT2D eigenvalue weighted by Gasteiger charge is 2.38. The fraction of sp³-hybridized carbons (Fsp3) is 1.00. The van der Waals surface area contributed by atoms with E-state index in [-0.39, 0.29) is 11.6 Å². The van der Waals surface area contributed by atoms with Gasteiger partial charge in [-0.15, -0.1) is 0 Å². The van der Waals surface area contributed by atoms with Gasteiger partial charge in [-0.1, -0.05) is 32.1 Å². The van der Waals surface area contributed by atoms with E-state index in [0.717, 1.165) is 38.4 Å². The molecule has 0 aromatic rings. The second-order valence-electron chi connectivity index (χ2n) is 6.07. The van der Waals surface area contributed by atoms with Crippen molar-refractivity contribution in [3.63, 3.8) is 0 Å². The van der Waals surface area contributed by atoms with Crippen LogP contribution in [0.5, 0.6) is 0 Å². The Bertz CT molecular complexity index is 233. The molecule has 18 heavy (non-hydrogen) atoms. The predicted molar refractivity (Wildman–Crippen MR) is 73.6 cm³/mol. The Labute approximate surface area is 111 Å². The number of hydrogen-bond acceptors (Lipinski definition) is 3. The van der Waals surface area contributed by atoms with Crippen molar-refractivity contribution in [2.75, 3.05) is 20.3 Å². The van der Waals surface area contributed by atoms with Crippen LogP contribution in [0.2, 0.25) is 0 Å². The van der Waals surface area contributed by atoms with Crippen molar-refractivity contribution in [2.45, 2.75) is 69.4 Å². The van der Waals surface area contributed by atoms with E-state index in [1.807, 2.05) is 7.11 Å². The highest BCUT2D eigenvalue weighted by molar-refractivity contribution is 4.93. The van der Waals surface area contributed by atoms with Crippen LogP contribution >= 0.6 is 0 Å². The molecule has 1 unspecified atom stereocenters. The molecule has 0 bridgehead atoms. The molecule has 1 aliphatic heterocycles. The fourth-order valence-corrected chi connectivity index (χ4v) is 3.60. The third kappa shape index (κ3) is 3.46. The molecule has 2 rings (SSSR count). The van der Waals surface area contributed by atoms with Crippen LogP contribution in [0.4, 0.5) is 0 Å². The topological polar surface area (TPSA) is 44.5 Å². The van der Waals surface area contributed by atoms with Crippen molar-refractivity contribution in [1.82, 2.24) is 0 Å². The number of nitrogens with two attached hydrogens (primary N) is 1. The van der Waals surface area contributed by atoms with Crippen LogP contribution in [0.25, 0.3) is 0 Å². The Balaban J connectivity index is 1.79. The van der Waals surface area contributed by atoms with Crippen molar-refractivity contribution in [1.29, 1.82) is 0 Å². The summed E-state index contributed by atoms with van der Waals surface area (Å²) in [4.78, 5) is 0. The van der Waals surface area contributed by atoms with Crippen LogP contribution in [0, 0.1) is 5.92 Å². The van der Waals surface area contributed by atoms with Crippen LogP contribution in [0.15, 0.2) is 0 Å².